The van der Waals surface area contributed by atoms with Gasteiger partial charge in [-0.25, -0.2) is 0 Å². The van der Waals surface area contributed by atoms with E-state index in [1.165, 1.54) is 0 Å². The maximum Gasteiger partial charge on any atom is 0.0960 e. The molecule has 0 bridgehead atoms. The predicted molar refractivity (Wildman–Crippen MR) is 45.0 cm³/mol. The lowest BCUT2D eigenvalue weighted by molar-refractivity contribution is -0.0712. The first-order chi connectivity index (χ1) is 5.84. The van der Waals surface area contributed by atoms with Crippen LogP contribution in [0.5, 0.6) is 0 Å². The molecule has 12 heavy (non-hydrogen) atoms. The monoisotopic (exact) mass is 175 g/mol. The third-order valence-corrected chi connectivity index (χ3v) is 1.97. The molecule has 1 aliphatic heterocycles. The van der Waals surface area contributed by atoms with Crippen LogP contribution in [0.2, 0.25) is 0 Å². The summed E-state index contributed by atoms with van der Waals surface area (Å²) < 4.78 is 15.6. The molecule has 0 saturated carbocycles. The van der Waals surface area contributed by atoms with Crippen LogP contribution in [0.25, 0.3) is 0 Å². The summed E-state index contributed by atoms with van der Waals surface area (Å²) in [6, 6.07) is 0.121. The van der Waals surface area contributed by atoms with Crippen molar-refractivity contribution in [2.75, 3.05) is 33.5 Å². The SMILES string of the molecule is COCCO[C@@H]1COCC[C@H]1N. The van der Waals surface area contributed by atoms with E-state index >= 15 is 0 Å². The van der Waals surface area contributed by atoms with E-state index in [4.69, 9.17) is 19.9 Å². The molecule has 1 saturated heterocycles. The molecule has 1 fully saturated rings. The van der Waals surface area contributed by atoms with Crippen molar-refractivity contribution in [3.8, 4) is 0 Å². The first kappa shape index (κ1) is 9.92. The zero-order valence-electron chi connectivity index (χ0n) is 7.49. The standard InChI is InChI=1S/C8H17NO3/c1-10-4-5-12-8-6-11-3-2-7(8)9/h7-8H,2-6,9H2,1H3/t7-,8-/m1/s1. The van der Waals surface area contributed by atoms with E-state index in [1.807, 2.05) is 0 Å². The van der Waals surface area contributed by atoms with Gasteiger partial charge in [0.05, 0.1) is 25.9 Å². The number of ether oxygens (including phenoxy) is 3. The lowest BCUT2D eigenvalue weighted by Gasteiger charge is -2.28. The molecule has 1 aliphatic rings. The van der Waals surface area contributed by atoms with Crippen LogP contribution in [0.3, 0.4) is 0 Å². The summed E-state index contributed by atoms with van der Waals surface area (Å²) in [5, 5.41) is 0. The van der Waals surface area contributed by atoms with Crippen molar-refractivity contribution in [3.05, 3.63) is 0 Å². The van der Waals surface area contributed by atoms with E-state index in [0.29, 0.717) is 19.8 Å². The summed E-state index contributed by atoms with van der Waals surface area (Å²) in [6.07, 6.45) is 0.936. The highest BCUT2D eigenvalue weighted by molar-refractivity contribution is 4.76. The number of nitrogens with two attached hydrogens (primary N) is 1. The van der Waals surface area contributed by atoms with E-state index in [0.717, 1.165) is 13.0 Å². The van der Waals surface area contributed by atoms with Crippen LogP contribution < -0.4 is 5.73 Å². The molecule has 0 spiro atoms. The molecule has 0 amide bonds. The lowest BCUT2D eigenvalue weighted by atomic mass is 10.1. The van der Waals surface area contributed by atoms with Gasteiger partial charge in [-0.2, -0.15) is 0 Å². The summed E-state index contributed by atoms with van der Waals surface area (Å²) in [5.41, 5.74) is 5.82. The molecular formula is C8H17NO3. The smallest absolute Gasteiger partial charge is 0.0960 e. The second kappa shape index (κ2) is 5.48. The molecule has 72 valence electrons. The van der Waals surface area contributed by atoms with Crippen LogP contribution in [0.15, 0.2) is 0 Å². The van der Waals surface area contributed by atoms with Gasteiger partial charge in [0.1, 0.15) is 0 Å². The van der Waals surface area contributed by atoms with Gasteiger partial charge in [-0.05, 0) is 6.42 Å². The summed E-state index contributed by atoms with van der Waals surface area (Å²) >= 11 is 0. The molecule has 0 aromatic carbocycles. The van der Waals surface area contributed by atoms with E-state index in [-0.39, 0.29) is 12.1 Å². The van der Waals surface area contributed by atoms with Gasteiger partial charge in [0.2, 0.25) is 0 Å². The van der Waals surface area contributed by atoms with Crippen molar-refractivity contribution < 1.29 is 14.2 Å². The molecular weight excluding hydrogens is 158 g/mol. The van der Waals surface area contributed by atoms with Gasteiger partial charge >= 0.3 is 0 Å². The van der Waals surface area contributed by atoms with E-state index in [9.17, 15) is 0 Å². The number of hydrogen-bond donors (Lipinski definition) is 1. The Bertz CT molecular complexity index is 121. The van der Waals surface area contributed by atoms with Gasteiger partial charge in [0, 0.05) is 19.8 Å². The number of rotatable bonds is 4. The van der Waals surface area contributed by atoms with Crippen molar-refractivity contribution in [1.29, 1.82) is 0 Å². The van der Waals surface area contributed by atoms with Crippen LogP contribution in [-0.4, -0.2) is 45.7 Å². The van der Waals surface area contributed by atoms with Crippen molar-refractivity contribution in [3.63, 3.8) is 0 Å². The van der Waals surface area contributed by atoms with Crippen LogP contribution in [0.4, 0.5) is 0 Å². The molecule has 4 nitrogen and oxygen atoms in total. The van der Waals surface area contributed by atoms with Crippen molar-refractivity contribution >= 4 is 0 Å². The molecule has 0 aromatic rings. The minimum atomic E-state index is 0.0499. The van der Waals surface area contributed by atoms with Gasteiger partial charge in [-0.3, -0.25) is 0 Å². The van der Waals surface area contributed by atoms with Crippen LogP contribution in [-0.2, 0) is 14.2 Å². The van der Waals surface area contributed by atoms with E-state index in [2.05, 4.69) is 0 Å². The highest BCUT2D eigenvalue weighted by Gasteiger charge is 2.22. The first-order valence-electron chi connectivity index (χ1n) is 4.28. The predicted octanol–water partition coefficient (Wildman–Crippen LogP) is -0.234. The maximum atomic E-state index is 5.82. The van der Waals surface area contributed by atoms with Gasteiger partial charge in [-0.15, -0.1) is 0 Å². The topological polar surface area (TPSA) is 53.7 Å². The minimum Gasteiger partial charge on any atom is -0.382 e. The first-order valence-corrected chi connectivity index (χ1v) is 4.28. The van der Waals surface area contributed by atoms with Crippen molar-refractivity contribution in [1.82, 2.24) is 0 Å². The quantitative estimate of drug-likeness (QED) is 0.599. The van der Waals surface area contributed by atoms with Crippen LogP contribution >= 0.6 is 0 Å². The third-order valence-electron chi connectivity index (χ3n) is 1.97. The van der Waals surface area contributed by atoms with E-state index < -0.39 is 0 Å². The van der Waals surface area contributed by atoms with Crippen molar-refractivity contribution in [2.24, 2.45) is 5.73 Å². The van der Waals surface area contributed by atoms with Gasteiger partial charge in [-0.1, -0.05) is 0 Å². The summed E-state index contributed by atoms with van der Waals surface area (Å²) in [6.45, 7) is 2.58. The van der Waals surface area contributed by atoms with Gasteiger partial charge in [0.25, 0.3) is 0 Å². The molecule has 4 heteroatoms. The Kier molecular flexibility index (Phi) is 4.53. The Morgan fingerprint density at radius 3 is 3.00 bits per heavy atom. The van der Waals surface area contributed by atoms with Crippen LogP contribution in [0.1, 0.15) is 6.42 Å². The molecule has 0 aromatic heterocycles. The molecule has 0 radical (unpaired) electrons. The van der Waals surface area contributed by atoms with Gasteiger partial charge in [0.15, 0.2) is 0 Å². The van der Waals surface area contributed by atoms with Gasteiger partial charge < -0.3 is 19.9 Å². The summed E-state index contributed by atoms with van der Waals surface area (Å²) in [4.78, 5) is 0. The molecule has 0 unspecified atom stereocenters. The molecule has 2 atom stereocenters. The third kappa shape index (κ3) is 3.06. The Morgan fingerprint density at radius 2 is 2.33 bits per heavy atom. The number of hydrogen-bond acceptors (Lipinski definition) is 4. The summed E-state index contributed by atoms with van der Waals surface area (Å²) in [7, 11) is 1.65. The largest absolute Gasteiger partial charge is 0.382 e. The normalized spacial score (nSPS) is 30.5. The molecule has 1 rings (SSSR count). The van der Waals surface area contributed by atoms with E-state index in [1.54, 1.807) is 7.11 Å². The second-order valence-corrected chi connectivity index (χ2v) is 2.93. The fraction of sp³-hybridized carbons (Fsp3) is 1.00. The minimum absolute atomic E-state index is 0.0499. The highest BCUT2D eigenvalue weighted by atomic mass is 16.6. The maximum absolute atomic E-state index is 5.82. The molecule has 0 aliphatic carbocycles. The zero-order valence-corrected chi connectivity index (χ0v) is 7.49. The molecule has 2 N–H and O–H groups in total. The number of methoxy groups -OCH3 is 1. The second-order valence-electron chi connectivity index (χ2n) is 2.93. The average Bonchev–Trinajstić information content (AvgIpc) is 2.09. The van der Waals surface area contributed by atoms with Crippen LogP contribution in [0, 0.1) is 0 Å². The Balaban J connectivity index is 2.11. The lowest BCUT2D eigenvalue weighted by Crippen LogP contribution is -2.45. The Hall–Kier alpha value is -0.160. The van der Waals surface area contributed by atoms with Crippen molar-refractivity contribution in [2.45, 2.75) is 18.6 Å². The zero-order chi connectivity index (χ0) is 8.81. The highest BCUT2D eigenvalue weighted by Crippen LogP contribution is 2.08. The average molecular weight is 175 g/mol. The summed E-state index contributed by atoms with van der Waals surface area (Å²) in [5.74, 6) is 0. The Morgan fingerprint density at radius 1 is 1.50 bits per heavy atom. The fourth-order valence-corrected chi connectivity index (χ4v) is 1.18. The Labute approximate surface area is 73.0 Å². The fourth-order valence-electron chi connectivity index (χ4n) is 1.18. The molecule has 1 heterocycles.